The summed E-state index contributed by atoms with van der Waals surface area (Å²) >= 11 is 0. The third kappa shape index (κ3) is 3.67. The topological polar surface area (TPSA) is 107 Å². The third-order valence-electron chi connectivity index (χ3n) is 3.76. The summed E-state index contributed by atoms with van der Waals surface area (Å²) in [7, 11) is 0. The molecule has 0 aliphatic heterocycles. The van der Waals surface area contributed by atoms with Crippen LogP contribution in [0.3, 0.4) is 0 Å². The summed E-state index contributed by atoms with van der Waals surface area (Å²) in [6, 6.07) is 14.0. The molecule has 7 heteroatoms. The van der Waals surface area contributed by atoms with Crippen molar-refractivity contribution in [3.8, 4) is 5.75 Å². The predicted octanol–water partition coefficient (Wildman–Crippen LogP) is 1.84. The van der Waals surface area contributed by atoms with E-state index in [4.69, 9.17) is 15.6 Å². The molecule has 25 heavy (non-hydrogen) atoms. The second-order valence-corrected chi connectivity index (χ2v) is 5.44. The maximum atomic E-state index is 11.5. The number of ketones is 1. The molecule has 0 radical (unpaired) electrons. The highest BCUT2D eigenvalue weighted by Gasteiger charge is 2.13. The molecule has 0 unspecified atom stereocenters. The van der Waals surface area contributed by atoms with Gasteiger partial charge in [-0.3, -0.25) is 9.59 Å². The summed E-state index contributed by atoms with van der Waals surface area (Å²) < 4.78 is 7.31. The molecule has 0 aliphatic carbocycles. The third-order valence-corrected chi connectivity index (χ3v) is 3.76. The molecule has 0 amide bonds. The molecular weight excluding hydrogens is 322 g/mol. The minimum atomic E-state index is -0.950. The predicted molar refractivity (Wildman–Crippen MR) is 91.5 cm³/mol. The van der Waals surface area contributed by atoms with Crippen LogP contribution in [0.5, 0.6) is 5.75 Å². The van der Waals surface area contributed by atoms with Crippen LogP contribution >= 0.6 is 0 Å². The number of ether oxygens (including phenoxy) is 1. The number of Topliss-reactive ketones (excluding diaryl/α,β-unsaturated/α-hetero) is 1. The molecule has 7 nitrogen and oxygen atoms in total. The number of carboxylic acids is 1. The average molecular weight is 339 g/mol. The van der Waals surface area contributed by atoms with E-state index < -0.39 is 5.97 Å². The van der Waals surface area contributed by atoms with Gasteiger partial charge in [-0.15, -0.1) is 0 Å². The van der Waals surface area contributed by atoms with Crippen molar-refractivity contribution in [2.24, 2.45) is 5.73 Å². The van der Waals surface area contributed by atoms with Gasteiger partial charge in [-0.1, -0.05) is 12.1 Å². The maximum absolute atomic E-state index is 11.5. The first-order chi connectivity index (χ1) is 12.1. The first-order valence-corrected chi connectivity index (χ1v) is 7.70. The average Bonchev–Trinajstić information content (AvgIpc) is 2.97. The Balaban J connectivity index is 1.80. The van der Waals surface area contributed by atoms with Gasteiger partial charge in [0.2, 0.25) is 0 Å². The van der Waals surface area contributed by atoms with Gasteiger partial charge in [0.1, 0.15) is 24.7 Å². The van der Waals surface area contributed by atoms with Crippen LogP contribution in [0.2, 0.25) is 0 Å². The molecule has 0 saturated carbocycles. The molecule has 3 aromatic rings. The SMILES string of the molecule is NCC(=O)c1ccc(OCc2nc3ccccc3n2CC(=O)O)cc1. The van der Waals surface area contributed by atoms with Crippen LogP contribution in [0.25, 0.3) is 11.0 Å². The van der Waals surface area contributed by atoms with Gasteiger partial charge < -0.3 is 20.1 Å². The van der Waals surface area contributed by atoms with Gasteiger partial charge >= 0.3 is 5.97 Å². The summed E-state index contributed by atoms with van der Waals surface area (Å²) in [4.78, 5) is 27.1. The highest BCUT2D eigenvalue weighted by Crippen LogP contribution is 2.19. The number of carbonyl (C=O) groups is 2. The van der Waals surface area contributed by atoms with Gasteiger partial charge in [0.15, 0.2) is 5.78 Å². The van der Waals surface area contributed by atoms with Crippen LogP contribution in [-0.2, 0) is 17.9 Å². The van der Waals surface area contributed by atoms with E-state index in [0.29, 0.717) is 22.7 Å². The summed E-state index contributed by atoms with van der Waals surface area (Å²) in [6.07, 6.45) is 0. The van der Waals surface area contributed by atoms with Crippen LogP contribution in [0, 0.1) is 0 Å². The second-order valence-electron chi connectivity index (χ2n) is 5.44. The number of benzene rings is 2. The lowest BCUT2D eigenvalue weighted by molar-refractivity contribution is -0.137. The van der Waals surface area contributed by atoms with E-state index in [1.54, 1.807) is 28.8 Å². The Labute approximate surface area is 143 Å². The van der Waals surface area contributed by atoms with Crippen LogP contribution in [0.4, 0.5) is 0 Å². The van der Waals surface area contributed by atoms with E-state index in [1.165, 1.54) is 0 Å². The van der Waals surface area contributed by atoms with Crippen molar-refractivity contribution in [2.45, 2.75) is 13.2 Å². The Hall–Kier alpha value is -3.19. The monoisotopic (exact) mass is 339 g/mol. The van der Waals surface area contributed by atoms with Crippen LogP contribution in [0.1, 0.15) is 16.2 Å². The number of nitrogens with zero attached hydrogens (tertiary/aromatic N) is 2. The maximum Gasteiger partial charge on any atom is 0.323 e. The standard InChI is InChI=1S/C18H17N3O4/c19-9-16(22)12-5-7-13(8-6-12)25-11-17-20-14-3-1-2-4-15(14)21(17)10-18(23)24/h1-8H,9-11,19H2,(H,23,24). The van der Waals surface area contributed by atoms with E-state index in [2.05, 4.69) is 4.98 Å². The molecule has 128 valence electrons. The normalized spacial score (nSPS) is 10.8. The molecule has 0 aliphatic rings. The Morgan fingerprint density at radius 2 is 1.84 bits per heavy atom. The largest absolute Gasteiger partial charge is 0.486 e. The van der Waals surface area contributed by atoms with Crippen molar-refractivity contribution in [3.63, 3.8) is 0 Å². The second kappa shape index (κ2) is 7.14. The van der Waals surface area contributed by atoms with Gasteiger partial charge in [0.25, 0.3) is 0 Å². The fourth-order valence-corrected chi connectivity index (χ4v) is 2.55. The molecule has 0 atom stereocenters. The van der Waals surface area contributed by atoms with Crippen molar-refractivity contribution in [1.82, 2.24) is 9.55 Å². The van der Waals surface area contributed by atoms with Crippen LogP contribution in [-0.4, -0.2) is 33.0 Å². The zero-order chi connectivity index (χ0) is 17.8. The van der Waals surface area contributed by atoms with E-state index in [9.17, 15) is 9.59 Å². The van der Waals surface area contributed by atoms with Crippen molar-refractivity contribution in [3.05, 3.63) is 59.9 Å². The number of aromatic nitrogens is 2. The van der Waals surface area contributed by atoms with Crippen molar-refractivity contribution in [2.75, 3.05) is 6.54 Å². The lowest BCUT2D eigenvalue weighted by Gasteiger charge is -2.09. The summed E-state index contributed by atoms with van der Waals surface area (Å²) in [5.41, 5.74) is 7.31. The number of carboxylic acid groups (broad SMARTS) is 1. The van der Waals surface area contributed by atoms with Gasteiger partial charge in [-0.25, -0.2) is 4.98 Å². The molecule has 0 fully saturated rings. The van der Waals surface area contributed by atoms with Crippen molar-refractivity contribution in [1.29, 1.82) is 0 Å². The van der Waals surface area contributed by atoms with Gasteiger partial charge in [-0.05, 0) is 36.4 Å². The van der Waals surface area contributed by atoms with Gasteiger partial charge in [0.05, 0.1) is 17.6 Å². The molecule has 1 heterocycles. The van der Waals surface area contributed by atoms with E-state index in [-0.39, 0.29) is 25.5 Å². The molecule has 3 rings (SSSR count). The number of carbonyl (C=O) groups excluding carboxylic acids is 1. The quantitative estimate of drug-likeness (QED) is 0.636. The first kappa shape index (κ1) is 16.7. The number of imidazole rings is 1. The highest BCUT2D eigenvalue weighted by atomic mass is 16.5. The number of rotatable bonds is 7. The summed E-state index contributed by atoms with van der Waals surface area (Å²) in [5, 5.41) is 9.13. The van der Waals surface area contributed by atoms with Crippen LogP contribution < -0.4 is 10.5 Å². The number of nitrogens with two attached hydrogens (primary N) is 1. The van der Waals surface area contributed by atoms with E-state index in [1.807, 2.05) is 24.3 Å². The molecule has 0 saturated heterocycles. The Morgan fingerprint density at radius 3 is 2.52 bits per heavy atom. The lowest BCUT2D eigenvalue weighted by Crippen LogP contribution is -2.14. The minimum absolute atomic E-state index is 0.0422. The Morgan fingerprint density at radius 1 is 1.12 bits per heavy atom. The molecule has 3 N–H and O–H groups in total. The molecule has 2 aromatic carbocycles. The molecule has 0 bridgehead atoms. The molecule has 1 aromatic heterocycles. The number of hydrogen-bond donors (Lipinski definition) is 2. The highest BCUT2D eigenvalue weighted by molar-refractivity contribution is 5.97. The van der Waals surface area contributed by atoms with E-state index in [0.717, 1.165) is 5.52 Å². The van der Waals surface area contributed by atoms with Crippen molar-refractivity contribution >= 4 is 22.8 Å². The molecule has 0 spiro atoms. The Kier molecular flexibility index (Phi) is 4.76. The van der Waals surface area contributed by atoms with Gasteiger partial charge in [-0.2, -0.15) is 0 Å². The zero-order valence-corrected chi connectivity index (χ0v) is 13.4. The summed E-state index contributed by atoms with van der Waals surface area (Å²) in [5.74, 6) is -0.0166. The number of para-hydroxylation sites is 2. The molecular formula is C18H17N3O4. The van der Waals surface area contributed by atoms with Crippen LogP contribution in [0.15, 0.2) is 48.5 Å². The van der Waals surface area contributed by atoms with Gasteiger partial charge in [0, 0.05) is 5.56 Å². The zero-order valence-electron chi connectivity index (χ0n) is 13.4. The minimum Gasteiger partial charge on any atom is -0.486 e. The Bertz CT molecular complexity index is 916. The number of aliphatic carboxylic acids is 1. The fraction of sp³-hybridized carbons (Fsp3) is 0.167. The lowest BCUT2D eigenvalue weighted by atomic mass is 10.1. The number of hydrogen-bond acceptors (Lipinski definition) is 5. The fourth-order valence-electron chi connectivity index (χ4n) is 2.55. The smallest absolute Gasteiger partial charge is 0.323 e. The number of fused-ring (bicyclic) bond motifs is 1. The summed E-state index contributed by atoms with van der Waals surface area (Å²) in [6.45, 7) is -0.116. The first-order valence-electron chi connectivity index (χ1n) is 7.70. The van der Waals surface area contributed by atoms with Crippen molar-refractivity contribution < 1.29 is 19.4 Å². The van der Waals surface area contributed by atoms with E-state index >= 15 is 0 Å².